The minimum atomic E-state index is -3.85. The van der Waals surface area contributed by atoms with E-state index in [1.807, 2.05) is 6.92 Å². The molecule has 0 bridgehead atoms. The summed E-state index contributed by atoms with van der Waals surface area (Å²) in [6.07, 6.45) is -1.04. The van der Waals surface area contributed by atoms with E-state index < -0.39 is 47.0 Å². The first-order valence-corrected chi connectivity index (χ1v) is 9.24. The van der Waals surface area contributed by atoms with E-state index in [0.717, 1.165) is 12.7 Å². The molecule has 1 fully saturated rings. The van der Waals surface area contributed by atoms with Crippen molar-refractivity contribution in [3.63, 3.8) is 0 Å². The van der Waals surface area contributed by atoms with Crippen molar-refractivity contribution >= 4 is 15.9 Å². The molecule has 24 heavy (non-hydrogen) atoms. The highest BCUT2D eigenvalue weighted by molar-refractivity contribution is 7.86. The van der Waals surface area contributed by atoms with E-state index in [-0.39, 0.29) is 0 Å². The van der Waals surface area contributed by atoms with Crippen LogP contribution >= 0.6 is 0 Å². The average molecular weight is 363 g/mol. The van der Waals surface area contributed by atoms with Crippen LogP contribution in [0.3, 0.4) is 0 Å². The summed E-state index contributed by atoms with van der Waals surface area (Å²) in [6, 6.07) is 0. The van der Waals surface area contributed by atoms with Crippen molar-refractivity contribution in [2.75, 3.05) is 18.2 Å². The van der Waals surface area contributed by atoms with Crippen molar-refractivity contribution < 1.29 is 27.6 Å². The number of nitrogens with one attached hydrogen (secondary N) is 2. The number of nitrogens with zero attached hydrogens (tertiary/aromatic N) is 1. The van der Waals surface area contributed by atoms with Crippen LogP contribution < -0.4 is 11.0 Å². The van der Waals surface area contributed by atoms with Crippen LogP contribution in [-0.4, -0.2) is 66.0 Å². The molecule has 0 amide bonds. The van der Waals surface area contributed by atoms with Crippen LogP contribution in [0.1, 0.15) is 18.9 Å². The standard InChI is InChI=1S/C13H21N3O7S/c1-3-4-7-5-14-13(19)16-11(7)15-12-9(18)10(8(6-17)22-12)23-24(2,20)21/h5,8-10,12,17-18H,3-4,6H2,1-2H3,(H2,14,15,16,19)/t8-,9-,10+,12-/m1/s1. The van der Waals surface area contributed by atoms with E-state index in [9.17, 15) is 23.4 Å². The molecule has 0 unspecified atom stereocenters. The molecule has 1 aliphatic rings. The monoisotopic (exact) mass is 363 g/mol. The molecule has 0 aliphatic carbocycles. The minimum absolute atomic E-state index is 0.317. The maximum atomic E-state index is 11.4. The zero-order valence-corrected chi connectivity index (χ0v) is 14.1. The first kappa shape index (κ1) is 18.8. The second-order valence-corrected chi connectivity index (χ2v) is 7.12. The number of aliphatic hydroxyl groups is 2. The molecular weight excluding hydrogens is 342 g/mol. The number of hydrogen-bond donors (Lipinski definition) is 4. The second-order valence-electron chi connectivity index (χ2n) is 5.52. The highest BCUT2D eigenvalue weighted by atomic mass is 32.2. The number of hydrogen-bond acceptors (Lipinski definition) is 9. The van der Waals surface area contributed by atoms with E-state index in [1.54, 1.807) is 0 Å². The average Bonchev–Trinajstić information content (AvgIpc) is 2.77. The molecule has 11 heteroatoms. The van der Waals surface area contributed by atoms with Gasteiger partial charge in [-0.3, -0.25) is 9.17 Å². The van der Waals surface area contributed by atoms with Crippen molar-refractivity contribution in [2.24, 2.45) is 0 Å². The molecule has 4 atom stereocenters. The SMILES string of the molecule is CCCc1cnc(=O)[nH]c1N[C@@H]1O[C@H](CO)[C@H](OS(C)(=O)=O)[C@H]1O. The summed E-state index contributed by atoms with van der Waals surface area (Å²) in [5, 5.41) is 22.4. The Kier molecular flexibility index (Phi) is 5.93. The van der Waals surface area contributed by atoms with Crippen LogP contribution in [0.15, 0.2) is 11.0 Å². The third kappa shape index (κ3) is 4.51. The maximum Gasteiger partial charge on any atom is 0.346 e. The van der Waals surface area contributed by atoms with Crippen LogP contribution in [0.4, 0.5) is 5.82 Å². The van der Waals surface area contributed by atoms with E-state index in [1.165, 1.54) is 6.20 Å². The largest absolute Gasteiger partial charge is 0.394 e. The Morgan fingerprint density at radius 1 is 1.50 bits per heavy atom. The lowest BCUT2D eigenvalue weighted by Gasteiger charge is -2.20. The molecule has 1 saturated heterocycles. The normalized spacial score (nSPS) is 27.3. The molecule has 0 radical (unpaired) electrons. The van der Waals surface area contributed by atoms with Gasteiger partial charge < -0.3 is 20.3 Å². The van der Waals surface area contributed by atoms with Crippen LogP contribution in [0.5, 0.6) is 0 Å². The third-order valence-corrected chi connectivity index (χ3v) is 4.07. The van der Waals surface area contributed by atoms with E-state index in [2.05, 4.69) is 15.3 Å². The van der Waals surface area contributed by atoms with Crippen molar-refractivity contribution in [1.29, 1.82) is 0 Å². The van der Waals surface area contributed by atoms with Crippen LogP contribution in [0, 0.1) is 0 Å². The van der Waals surface area contributed by atoms with Crippen molar-refractivity contribution in [3.05, 3.63) is 22.2 Å². The van der Waals surface area contributed by atoms with Gasteiger partial charge in [-0.15, -0.1) is 0 Å². The predicted molar refractivity (Wildman–Crippen MR) is 83.9 cm³/mol. The number of rotatable bonds is 7. The fourth-order valence-corrected chi connectivity index (χ4v) is 3.12. The molecule has 1 aromatic rings. The molecule has 0 aromatic carbocycles. The molecule has 1 aliphatic heterocycles. The van der Waals surface area contributed by atoms with Gasteiger partial charge in [0.05, 0.1) is 12.9 Å². The molecule has 2 rings (SSSR count). The Balaban J connectivity index is 2.21. The number of ether oxygens (including phenoxy) is 1. The fourth-order valence-electron chi connectivity index (χ4n) is 2.48. The molecule has 0 saturated carbocycles. The van der Waals surface area contributed by atoms with E-state index in [4.69, 9.17) is 8.92 Å². The first-order valence-electron chi connectivity index (χ1n) is 7.42. The Morgan fingerprint density at radius 2 is 2.21 bits per heavy atom. The van der Waals surface area contributed by atoms with Gasteiger partial charge in [0.25, 0.3) is 10.1 Å². The van der Waals surface area contributed by atoms with E-state index in [0.29, 0.717) is 17.8 Å². The molecule has 136 valence electrons. The summed E-state index contributed by atoms with van der Waals surface area (Å²) in [7, 11) is -3.85. The third-order valence-electron chi connectivity index (χ3n) is 3.50. The lowest BCUT2D eigenvalue weighted by atomic mass is 10.1. The second kappa shape index (κ2) is 7.57. The van der Waals surface area contributed by atoms with Crippen LogP contribution in [-0.2, 0) is 25.5 Å². The van der Waals surface area contributed by atoms with Crippen molar-refractivity contribution in [1.82, 2.24) is 9.97 Å². The summed E-state index contributed by atoms with van der Waals surface area (Å²) in [5.74, 6) is 0.317. The quantitative estimate of drug-likeness (QED) is 0.427. The maximum absolute atomic E-state index is 11.4. The fraction of sp³-hybridized carbons (Fsp3) is 0.692. The predicted octanol–water partition coefficient (Wildman–Crippen LogP) is -1.44. The number of aromatic nitrogens is 2. The van der Waals surface area contributed by atoms with Crippen LogP contribution in [0.25, 0.3) is 0 Å². The Hall–Kier alpha value is -1.53. The number of H-pyrrole nitrogens is 1. The topological polar surface area (TPSA) is 151 Å². The zero-order valence-electron chi connectivity index (χ0n) is 13.3. The van der Waals surface area contributed by atoms with Gasteiger partial charge in [-0.25, -0.2) is 9.78 Å². The molecule has 10 nitrogen and oxygen atoms in total. The Morgan fingerprint density at radius 3 is 2.79 bits per heavy atom. The highest BCUT2D eigenvalue weighted by Crippen LogP contribution is 2.26. The van der Waals surface area contributed by atoms with Gasteiger partial charge in [0.2, 0.25) is 0 Å². The summed E-state index contributed by atoms with van der Waals surface area (Å²) >= 11 is 0. The van der Waals surface area contributed by atoms with Gasteiger partial charge in [0.1, 0.15) is 24.1 Å². The van der Waals surface area contributed by atoms with Gasteiger partial charge in [-0.2, -0.15) is 8.42 Å². The van der Waals surface area contributed by atoms with Crippen molar-refractivity contribution in [3.8, 4) is 0 Å². The number of aryl methyl sites for hydroxylation is 1. The Bertz CT molecular complexity index is 721. The Labute approximate surface area is 139 Å². The summed E-state index contributed by atoms with van der Waals surface area (Å²) < 4.78 is 32.8. The van der Waals surface area contributed by atoms with Crippen molar-refractivity contribution in [2.45, 2.75) is 44.3 Å². The zero-order chi connectivity index (χ0) is 17.9. The molecule has 0 spiro atoms. The lowest BCUT2D eigenvalue weighted by Crippen LogP contribution is -2.40. The van der Waals surface area contributed by atoms with E-state index >= 15 is 0 Å². The van der Waals surface area contributed by atoms with Crippen LogP contribution in [0.2, 0.25) is 0 Å². The van der Waals surface area contributed by atoms with Gasteiger partial charge >= 0.3 is 5.69 Å². The lowest BCUT2D eigenvalue weighted by molar-refractivity contribution is -0.00724. The van der Waals surface area contributed by atoms with Gasteiger partial charge in [-0.05, 0) is 6.42 Å². The number of anilines is 1. The highest BCUT2D eigenvalue weighted by Gasteiger charge is 2.46. The minimum Gasteiger partial charge on any atom is -0.394 e. The number of aliphatic hydroxyl groups excluding tert-OH is 2. The first-order chi connectivity index (χ1) is 11.2. The van der Waals surface area contributed by atoms with Gasteiger partial charge in [0, 0.05) is 11.8 Å². The summed E-state index contributed by atoms with van der Waals surface area (Å²) in [6.45, 7) is 1.41. The molecular formula is C13H21N3O7S. The molecule has 1 aromatic heterocycles. The molecule has 2 heterocycles. The molecule has 4 N–H and O–H groups in total. The summed E-state index contributed by atoms with van der Waals surface area (Å²) in [5.41, 5.74) is 0.133. The van der Waals surface area contributed by atoms with Gasteiger partial charge in [-0.1, -0.05) is 13.3 Å². The van der Waals surface area contributed by atoms with Gasteiger partial charge in [0.15, 0.2) is 6.23 Å². The number of aromatic amines is 1. The smallest absolute Gasteiger partial charge is 0.346 e. The summed E-state index contributed by atoms with van der Waals surface area (Å²) in [4.78, 5) is 17.6.